The smallest absolute Gasteiger partial charge is 0.340 e. The summed E-state index contributed by atoms with van der Waals surface area (Å²) < 4.78 is 5.00. The topological polar surface area (TPSA) is 52.3 Å². The molecule has 0 aliphatic heterocycles. The number of carbonyl (C=O) groups excluding carboxylic acids is 1. The first kappa shape index (κ1) is 15.7. The highest BCUT2D eigenvalue weighted by atomic mass is 35.5. The van der Waals surface area contributed by atoms with Crippen LogP contribution in [0.1, 0.15) is 22.8 Å². The van der Waals surface area contributed by atoms with Crippen molar-refractivity contribution in [1.82, 2.24) is 0 Å². The lowest BCUT2D eigenvalue weighted by atomic mass is 10.2. The quantitative estimate of drug-likeness (QED) is 0.504. The summed E-state index contributed by atoms with van der Waals surface area (Å²) in [6, 6.07) is 13.1. The Kier molecular flexibility index (Phi) is 5.53. The van der Waals surface area contributed by atoms with E-state index in [2.05, 4.69) is 0 Å². The first-order chi connectivity index (χ1) is 10.1. The highest BCUT2D eigenvalue weighted by Gasteiger charge is 2.11. The minimum absolute atomic E-state index is 0.334. The van der Waals surface area contributed by atoms with Gasteiger partial charge < -0.3 is 10.5 Å². The number of thioether (sulfide) groups is 1. The second-order valence-electron chi connectivity index (χ2n) is 4.38. The Morgan fingerprint density at radius 2 is 1.95 bits per heavy atom. The molecule has 0 spiro atoms. The van der Waals surface area contributed by atoms with Crippen molar-refractivity contribution < 1.29 is 9.53 Å². The minimum Gasteiger partial charge on any atom is -0.462 e. The molecule has 0 unspecified atom stereocenters. The highest BCUT2D eigenvalue weighted by molar-refractivity contribution is 7.98. The molecular weight excluding hydrogens is 306 g/mol. The molecule has 2 N–H and O–H groups in total. The van der Waals surface area contributed by atoms with Crippen molar-refractivity contribution in [2.75, 3.05) is 12.3 Å². The zero-order valence-electron chi connectivity index (χ0n) is 11.6. The van der Waals surface area contributed by atoms with E-state index in [4.69, 9.17) is 22.1 Å². The molecule has 2 rings (SSSR count). The number of rotatable bonds is 5. The summed E-state index contributed by atoms with van der Waals surface area (Å²) >= 11 is 7.49. The minimum atomic E-state index is -0.385. The van der Waals surface area contributed by atoms with Crippen LogP contribution in [0.3, 0.4) is 0 Å². The number of benzene rings is 2. The lowest BCUT2D eigenvalue weighted by Gasteiger charge is -2.08. The summed E-state index contributed by atoms with van der Waals surface area (Å²) in [4.78, 5) is 12.8. The molecule has 0 aliphatic rings. The molecule has 2 aromatic rings. The van der Waals surface area contributed by atoms with E-state index in [1.54, 1.807) is 30.8 Å². The van der Waals surface area contributed by atoms with Crippen LogP contribution in [0.2, 0.25) is 5.02 Å². The summed E-state index contributed by atoms with van der Waals surface area (Å²) in [7, 11) is 0. The molecular formula is C16H16ClNO2S. The number of carbonyl (C=O) groups is 1. The maximum Gasteiger partial charge on any atom is 0.340 e. The van der Waals surface area contributed by atoms with Gasteiger partial charge in [-0.25, -0.2) is 4.79 Å². The predicted octanol–water partition coefficient (Wildman–Crippen LogP) is 4.39. The van der Waals surface area contributed by atoms with Crippen molar-refractivity contribution >= 4 is 35.0 Å². The van der Waals surface area contributed by atoms with Gasteiger partial charge in [0.15, 0.2) is 0 Å². The third-order valence-electron chi connectivity index (χ3n) is 2.84. The van der Waals surface area contributed by atoms with Crippen molar-refractivity contribution in [1.29, 1.82) is 0 Å². The van der Waals surface area contributed by atoms with Gasteiger partial charge in [0.05, 0.1) is 12.2 Å². The first-order valence-electron chi connectivity index (χ1n) is 6.54. The Morgan fingerprint density at radius 3 is 2.62 bits per heavy atom. The molecule has 110 valence electrons. The number of hydrogen-bond donors (Lipinski definition) is 1. The molecule has 0 amide bonds. The van der Waals surface area contributed by atoms with E-state index >= 15 is 0 Å². The Balaban J connectivity index is 2.08. The molecule has 0 saturated heterocycles. The van der Waals surface area contributed by atoms with Gasteiger partial charge in [0, 0.05) is 21.4 Å². The van der Waals surface area contributed by atoms with Crippen molar-refractivity contribution in [3.63, 3.8) is 0 Å². The predicted molar refractivity (Wildman–Crippen MR) is 87.8 cm³/mol. The number of nitrogens with two attached hydrogens (primary N) is 1. The molecule has 0 aromatic heterocycles. The van der Waals surface area contributed by atoms with Crippen LogP contribution in [-0.4, -0.2) is 12.6 Å². The largest absolute Gasteiger partial charge is 0.462 e. The molecule has 0 heterocycles. The van der Waals surface area contributed by atoms with Gasteiger partial charge in [-0.2, -0.15) is 0 Å². The summed E-state index contributed by atoms with van der Waals surface area (Å²) in [6.07, 6.45) is 0. The molecule has 2 aromatic carbocycles. The molecule has 0 radical (unpaired) electrons. The standard InChI is InChI=1S/C16H16ClNO2S/c1-2-20-16(19)14-9-13(7-8-15(14)18)21-10-11-3-5-12(17)6-4-11/h3-9H,2,10,18H2,1H3. The monoisotopic (exact) mass is 321 g/mol. The Bertz CT molecular complexity index is 629. The number of ether oxygens (including phenoxy) is 1. The van der Waals surface area contributed by atoms with Crippen LogP contribution >= 0.6 is 23.4 Å². The maximum absolute atomic E-state index is 11.8. The molecule has 5 heteroatoms. The van der Waals surface area contributed by atoms with Crippen LogP contribution in [0.25, 0.3) is 0 Å². The molecule has 0 bridgehead atoms. The van der Waals surface area contributed by atoms with Crippen LogP contribution in [0.4, 0.5) is 5.69 Å². The first-order valence-corrected chi connectivity index (χ1v) is 7.90. The van der Waals surface area contributed by atoms with E-state index in [1.165, 1.54) is 5.56 Å². The average Bonchev–Trinajstić information content (AvgIpc) is 2.48. The Morgan fingerprint density at radius 1 is 1.24 bits per heavy atom. The number of halogens is 1. The lowest BCUT2D eigenvalue weighted by Crippen LogP contribution is -2.08. The lowest BCUT2D eigenvalue weighted by molar-refractivity contribution is 0.0527. The van der Waals surface area contributed by atoms with Gasteiger partial charge in [0.2, 0.25) is 0 Å². The van der Waals surface area contributed by atoms with Gasteiger partial charge in [0.25, 0.3) is 0 Å². The average molecular weight is 322 g/mol. The Labute approximate surface area is 133 Å². The zero-order chi connectivity index (χ0) is 15.2. The van der Waals surface area contributed by atoms with E-state index in [-0.39, 0.29) is 5.97 Å². The second-order valence-corrected chi connectivity index (χ2v) is 5.87. The summed E-state index contributed by atoms with van der Waals surface area (Å²) in [5, 5.41) is 0.723. The number of esters is 1. The fourth-order valence-corrected chi connectivity index (χ4v) is 2.78. The van der Waals surface area contributed by atoms with Crippen molar-refractivity contribution in [2.24, 2.45) is 0 Å². The third-order valence-corrected chi connectivity index (χ3v) is 4.16. The van der Waals surface area contributed by atoms with Gasteiger partial charge in [-0.1, -0.05) is 23.7 Å². The van der Waals surface area contributed by atoms with Gasteiger partial charge in [-0.15, -0.1) is 11.8 Å². The van der Waals surface area contributed by atoms with Crippen LogP contribution in [-0.2, 0) is 10.5 Å². The molecule has 0 atom stereocenters. The molecule has 21 heavy (non-hydrogen) atoms. The van der Waals surface area contributed by atoms with Crippen LogP contribution in [0.5, 0.6) is 0 Å². The van der Waals surface area contributed by atoms with Gasteiger partial charge in [-0.05, 0) is 42.8 Å². The third kappa shape index (κ3) is 4.41. The fourth-order valence-electron chi connectivity index (χ4n) is 1.76. The van der Waals surface area contributed by atoms with E-state index in [1.807, 2.05) is 30.3 Å². The van der Waals surface area contributed by atoms with E-state index in [0.717, 1.165) is 15.7 Å². The molecule has 0 saturated carbocycles. The summed E-state index contributed by atoms with van der Waals surface area (Å²) in [5.74, 6) is 0.410. The zero-order valence-corrected chi connectivity index (χ0v) is 13.2. The number of nitrogen functional groups attached to an aromatic ring is 1. The van der Waals surface area contributed by atoms with Gasteiger partial charge >= 0.3 is 5.97 Å². The van der Waals surface area contributed by atoms with Crippen molar-refractivity contribution in [2.45, 2.75) is 17.6 Å². The van der Waals surface area contributed by atoms with E-state index in [9.17, 15) is 4.79 Å². The van der Waals surface area contributed by atoms with Gasteiger partial charge in [-0.3, -0.25) is 0 Å². The van der Waals surface area contributed by atoms with E-state index < -0.39 is 0 Å². The number of hydrogen-bond acceptors (Lipinski definition) is 4. The molecule has 0 aliphatic carbocycles. The molecule has 0 fully saturated rings. The Hall–Kier alpha value is -1.65. The van der Waals surface area contributed by atoms with Gasteiger partial charge in [0.1, 0.15) is 0 Å². The number of anilines is 1. The normalized spacial score (nSPS) is 10.4. The van der Waals surface area contributed by atoms with Crippen LogP contribution in [0.15, 0.2) is 47.4 Å². The van der Waals surface area contributed by atoms with E-state index in [0.29, 0.717) is 17.9 Å². The van der Waals surface area contributed by atoms with Crippen molar-refractivity contribution in [3.05, 3.63) is 58.6 Å². The highest BCUT2D eigenvalue weighted by Crippen LogP contribution is 2.27. The van der Waals surface area contributed by atoms with Crippen LogP contribution in [0, 0.1) is 0 Å². The maximum atomic E-state index is 11.8. The second kappa shape index (κ2) is 7.38. The van der Waals surface area contributed by atoms with Crippen molar-refractivity contribution in [3.8, 4) is 0 Å². The SMILES string of the molecule is CCOC(=O)c1cc(SCc2ccc(Cl)cc2)ccc1N. The van der Waals surface area contributed by atoms with Crippen LogP contribution < -0.4 is 5.73 Å². The summed E-state index contributed by atoms with van der Waals surface area (Å²) in [6.45, 7) is 2.10. The summed E-state index contributed by atoms with van der Waals surface area (Å²) in [5.41, 5.74) is 7.83. The molecule has 3 nitrogen and oxygen atoms in total. The fraction of sp³-hybridized carbons (Fsp3) is 0.188.